The Hall–Kier alpha value is 0.0900. The Kier molecular flexibility index (Phi) is 2.44. The minimum atomic E-state index is 0. The van der Waals surface area contributed by atoms with Gasteiger partial charge < -0.3 is 0 Å². The van der Waals surface area contributed by atoms with Crippen LogP contribution in [-0.4, -0.2) is 0 Å². The van der Waals surface area contributed by atoms with E-state index < -0.39 is 0 Å². The summed E-state index contributed by atoms with van der Waals surface area (Å²) < 4.78 is 0. The number of allylic oxidation sites excluding steroid dienone is 2. The minimum absolute atomic E-state index is 0. The molecule has 0 atom stereocenters. The molecule has 1 heteroatoms. The molecule has 0 N–H and O–H groups in total. The van der Waals surface area contributed by atoms with Crippen LogP contribution in [0.4, 0.5) is 0 Å². The molecule has 0 aromatic rings. The highest BCUT2D eigenvalue weighted by molar-refractivity contribution is 7.59. The Labute approximate surface area is 52.1 Å². The first kappa shape index (κ1) is 7.09. The monoisotopic (exact) mass is 116 g/mol. The Morgan fingerprint density at radius 1 is 1.00 bits per heavy atom. The molecule has 0 unspecified atom stereocenters. The molecule has 0 spiro atoms. The van der Waals surface area contributed by atoms with Crippen LogP contribution < -0.4 is 0 Å². The zero-order valence-electron chi connectivity index (χ0n) is 4.91. The molecule has 1 aliphatic carbocycles. The van der Waals surface area contributed by atoms with Crippen LogP contribution >= 0.6 is 13.5 Å². The van der Waals surface area contributed by atoms with Gasteiger partial charge >= 0.3 is 0 Å². The van der Waals surface area contributed by atoms with Crippen LogP contribution in [0.15, 0.2) is 11.1 Å². The van der Waals surface area contributed by atoms with E-state index in [-0.39, 0.29) is 13.5 Å². The first-order valence-electron chi connectivity index (χ1n) is 2.46. The van der Waals surface area contributed by atoms with Gasteiger partial charge in [-0.15, -0.1) is 0 Å². The topological polar surface area (TPSA) is 0 Å². The summed E-state index contributed by atoms with van der Waals surface area (Å²) in [6.07, 6.45) is 2.71. The van der Waals surface area contributed by atoms with E-state index in [2.05, 4.69) is 13.8 Å². The van der Waals surface area contributed by atoms with Crippen LogP contribution in [0, 0.1) is 0 Å². The maximum atomic E-state index is 2.21. The maximum Gasteiger partial charge on any atom is -0.0283 e. The summed E-state index contributed by atoms with van der Waals surface area (Å²) >= 11 is 0. The smallest absolute Gasteiger partial charge is 0.0283 e. The molecule has 0 aromatic carbocycles. The molecule has 0 saturated heterocycles. The lowest BCUT2D eigenvalue weighted by molar-refractivity contribution is 0.800. The van der Waals surface area contributed by atoms with Crippen LogP contribution in [0.1, 0.15) is 26.7 Å². The summed E-state index contributed by atoms with van der Waals surface area (Å²) in [5.41, 5.74) is 3.21. The lowest BCUT2D eigenvalue weighted by Gasteiger charge is -2.15. The van der Waals surface area contributed by atoms with Crippen molar-refractivity contribution in [2.75, 3.05) is 0 Å². The zero-order chi connectivity index (χ0) is 4.57. The van der Waals surface area contributed by atoms with Crippen LogP contribution in [-0.2, 0) is 0 Å². The summed E-state index contributed by atoms with van der Waals surface area (Å²) in [5, 5.41) is 0. The Morgan fingerprint density at radius 3 is 1.29 bits per heavy atom. The van der Waals surface area contributed by atoms with Gasteiger partial charge in [0.25, 0.3) is 0 Å². The molecule has 0 bridgehead atoms. The lowest BCUT2D eigenvalue weighted by Crippen LogP contribution is -1.95. The van der Waals surface area contributed by atoms with Crippen molar-refractivity contribution in [3.05, 3.63) is 11.1 Å². The Bertz CT molecular complexity index is 80.4. The number of rotatable bonds is 0. The van der Waals surface area contributed by atoms with Crippen molar-refractivity contribution < 1.29 is 0 Å². The fourth-order valence-corrected chi connectivity index (χ4v) is 0.625. The van der Waals surface area contributed by atoms with Crippen molar-refractivity contribution in [3.8, 4) is 0 Å². The van der Waals surface area contributed by atoms with Crippen molar-refractivity contribution >= 4 is 13.5 Å². The highest BCUT2D eigenvalue weighted by Gasteiger charge is 2.05. The zero-order valence-corrected chi connectivity index (χ0v) is 5.91. The summed E-state index contributed by atoms with van der Waals surface area (Å²) in [7, 11) is 0. The van der Waals surface area contributed by atoms with E-state index in [9.17, 15) is 0 Å². The molecule has 7 heavy (non-hydrogen) atoms. The quantitative estimate of drug-likeness (QED) is 0.426. The van der Waals surface area contributed by atoms with Gasteiger partial charge in [0.15, 0.2) is 0 Å². The fraction of sp³-hybridized carbons (Fsp3) is 0.667. The molecule has 0 heterocycles. The second-order valence-corrected chi connectivity index (χ2v) is 2.06. The van der Waals surface area contributed by atoms with Gasteiger partial charge in [-0.2, -0.15) is 13.5 Å². The van der Waals surface area contributed by atoms with E-state index in [1.165, 1.54) is 12.8 Å². The van der Waals surface area contributed by atoms with E-state index in [1.807, 2.05) is 0 Å². The first-order valence-corrected chi connectivity index (χ1v) is 2.46. The van der Waals surface area contributed by atoms with E-state index in [0.29, 0.717) is 0 Å². The summed E-state index contributed by atoms with van der Waals surface area (Å²) in [4.78, 5) is 0. The minimum Gasteiger partial charge on any atom is -0.197 e. The molecule has 0 amide bonds. The maximum absolute atomic E-state index is 2.21. The van der Waals surface area contributed by atoms with Crippen LogP contribution in [0.5, 0.6) is 0 Å². The van der Waals surface area contributed by atoms with Gasteiger partial charge in [-0.3, -0.25) is 0 Å². The van der Waals surface area contributed by atoms with Gasteiger partial charge in [-0.1, -0.05) is 11.1 Å². The first-order chi connectivity index (χ1) is 2.80. The Morgan fingerprint density at radius 2 is 1.29 bits per heavy atom. The number of hydrogen-bond donors (Lipinski definition) is 0. The fourth-order valence-electron chi connectivity index (χ4n) is 0.625. The summed E-state index contributed by atoms with van der Waals surface area (Å²) in [6.45, 7) is 4.41. The van der Waals surface area contributed by atoms with E-state index in [1.54, 1.807) is 11.1 Å². The average molecular weight is 116 g/mol. The van der Waals surface area contributed by atoms with Crippen molar-refractivity contribution in [2.45, 2.75) is 26.7 Å². The summed E-state index contributed by atoms with van der Waals surface area (Å²) in [5.74, 6) is 0. The van der Waals surface area contributed by atoms with E-state index in [0.717, 1.165) is 0 Å². The average Bonchev–Trinajstić information content (AvgIpc) is 1.61. The molecule has 1 rings (SSSR count). The van der Waals surface area contributed by atoms with Crippen molar-refractivity contribution in [1.82, 2.24) is 0 Å². The molecule has 0 fully saturated rings. The van der Waals surface area contributed by atoms with Gasteiger partial charge in [-0.25, -0.2) is 0 Å². The van der Waals surface area contributed by atoms with Gasteiger partial charge in [0.05, 0.1) is 0 Å². The highest BCUT2D eigenvalue weighted by Crippen LogP contribution is 2.25. The SMILES string of the molecule is CC1=C(C)CC1.S. The third-order valence-electron chi connectivity index (χ3n) is 1.60. The molecule has 1 aliphatic rings. The molecular formula is C6H12S. The second kappa shape index (κ2) is 2.41. The van der Waals surface area contributed by atoms with Gasteiger partial charge in [-0.05, 0) is 26.7 Å². The molecule has 0 aromatic heterocycles. The Balaban J connectivity index is 0.000000360. The molecule has 0 saturated carbocycles. The van der Waals surface area contributed by atoms with Gasteiger partial charge in [0, 0.05) is 0 Å². The standard InChI is InChI=1S/C6H10.H2S/c1-5-3-4-6(5)2;/h3-4H2,1-2H3;1H2. The predicted molar refractivity (Wildman–Crippen MR) is 38.0 cm³/mol. The molecule has 0 aliphatic heterocycles. The molecule has 0 radical (unpaired) electrons. The highest BCUT2D eigenvalue weighted by atomic mass is 32.1. The molecular weight excluding hydrogens is 104 g/mol. The van der Waals surface area contributed by atoms with Crippen LogP contribution in [0.2, 0.25) is 0 Å². The molecule has 42 valence electrons. The summed E-state index contributed by atoms with van der Waals surface area (Å²) in [6, 6.07) is 0. The number of hydrogen-bond acceptors (Lipinski definition) is 0. The van der Waals surface area contributed by atoms with Crippen molar-refractivity contribution in [1.29, 1.82) is 0 Å². The largest absolute Gasteiger partial charge is 0.197 e. The van der Waals surface area contributed by atoms with Gasteiger partial charge in [0.1, 0.15) is 0 Å². The van der Waals surface area contributed by atoms with E-state index >= 15 is 0 Å². The van der Waals surface area contributed by atoms with Crippen LogP contribution in [0.25, 0.3) is 0 Å². The molecule has 0 nitrogen and oxygen atoms in total. The third-order valence-corrected chi connectivity index (χ3v) is 1.60. The van der Waals surface area contributed by atoms with Gasteiger partial charge in [0.2, 0.25) is 0 Å². The predicted octanol–water partition coefficient (Wildman–Crippen LogP) is 2.23. The van der Waals surface area contributed by atoms with Crippen LogP contribution in [0.3, 0.4) is 0 Å². The normalized spacial score (nSPS) is 18.0. The lowest BCUT2D eigenvalue weighted by atomic mass is 9.92. The second-order valence-electron chi connectivity index (χ2n) is 2.06. The van der Waals surface area contributed by atoms with E-state index in [4.69, 9.17) is 0 Å². The van der Waals surface area contributed by atoms with Crippen molar-refractivity contribution in [3.63, 3.8) is 0 Å². The third kappa shape index (κ3) is 1.23. The van der Waals surface area contributed by atoms with Crippen molar-refractivity contribution in [2.24, 2.45) is 0 Å².